The summed E-state index contributed by atoms with van der Waals surface area (Å²) in [5.74, 6) is -6.35. The summed E-state index contributed by atoms with van der Waals surface area (Å²) >= 11 is 0. The Morgan fingerprint density at radius 2 is 1.52 bits per heavy atom. The van der Waals surface area contributed by atoms with Crippen molar-refractivity contribution in [2.75, 3.05) is 26.2 Å². The summed E-state index contributed by atoms with van der Waals surface area (Å²) in [4.78, 5) is 90.4. The van der Waals surface area contributed by atoms with E-state index >= 15 is 0 Å². The first-order chi connectivity index (χ1) is 21.6. The van der Waals surface area contributed by atoms with Gasteiger partial charge in [-0.25, -0.2) is 0 Å². The molecule has 0 aromatic heterocycles. The molecule has 1 saturated heterocycles. The number of aliphatic carboxylic acids is 1. The number of aliphatic imine (C=N–C) groups is 1. The molecule has 0 aromatic rings. The molecule has 46 heavy (non-hydrogen) atoms. The number of nitrogens with zero attached hydrogens (tertiary/aromatic N) is 1. The predicted octanol–water partition coefficient (Wildman–Crippen LogP) is -6.17. The van der Waals surface area contributed by atoms with Crippen LogP contribution in [0.25, 0.3) is 0 Å². The van der Waals surface area contributed by atoms with Gasteiger partial charge in [0.2, 0.25) is 35.4 Å². The summed E-state index contributed by atoms with van der Waals surface area (Å²) < 4.78 is 0. The van der Waals surface area contributed by atoms with Crippen molar-refractivity contribution in [2.24, 2.45) is 16.5 Å². The van der Waals surface area contributed by atoms with Crippen molar-refractivity contribution in [3.05, 3.63) is 0 Å². The number of nitrogens with one attached hydrogen (secondary N) is 7. The van der Waals surface area contributed by atoms with E-state index in [9.17, 15) is 43.8 Å². The molecule has 1 aliphatic rings. The lowest BCUT2D eigenvalue weighted by Crippen LogP contribution is -2.59. The highest BCUT2D eigenvalue weighted by Crippen LogP contribution is 2.05. The van der Waals surface area contributed by atoms with Crippen LogP contribution in [0.15, 0.2) is 4.99 Å². The Morgan fingerprint density at radius 3 is 2.07 bits per heavy atom. The number of hydrogen-bond acceptors (Lipinski definition) is 11. The number of hydrogen-bond donors (Lipinski definition) is 12. The second kappa shape index (κ2) is 19.7. The number of carbonyl (C=O) groups excluding carboxylic acids is 6. The summed E-state index contributed by atoms with van der Waals surface area (Å²) in [7, 11) is 0. The van der Waals surface area contributed by atoms with E-state index in [1.807, 2.05) is 0 Å². The zero-order valence-electron chi connectivity index (χ0n) is 26.0. The Balaban J connectivity index is 2.75. The van der Waals surface area contributed by atoms with Crippen LogP contribution in [0.2, 0.25) is 0 Å². The van der Waals surface area contributed by atoms with E-state index in [0.717, 1.165) is 6.42 Å². The molecule has 6 amide bonds. The standard InChI is InChI=1S/C26H46N10O10/c1-12(20(40)34-16(7-5-9-30-26(27)28)23(43)33-13(2)25(45)46)32-24(44)19(14(3)38)36-18(39)10-31-21(41)17(11-37)35-22(42)15-6-4-8-29-15/h12-17,19,29,37-38H,4-11H2,1-3H3,(H,31,41)(H,32,44)(H,33,43)(H,34,40)(H,35,42)(H,36,39)(H,45,46)(H4,27,28,30)/t12-,13-,14+,15-,16-,17-,19-/m0/s1. The van der Waals surface area contributed by atoms with Crippen LogP contribution in [0.3, 0.4) is 0 Å². The molecule has 1 heterocycles. The minimum absolute atomic E-state index is 0.0116. The van der Waals surface area contributed by atoms with Gasteiger partial charge in [0, 0.05) is 6.54 Å². The molecule has 14 N–H and O–H groups in total. The highest BCUT2D eigenvalue weighted by Gasteiger charge is 2.31. The molecule has 0 aliphatic carbocycles. The number of guanidine groups is 1. The maximum absolute atomic E-state index is 12.9. The van der Waals surface area contributed by atoms with Crippen molar-refractivity contribution in [3.63, 3.8) is 0 Å². The Hall–Kier alpha value is -4.56. The molecule has 1 rings (SSSR count). The van der Waals surface area contributed by atoms with E-state index in [4.69, 9.17) is 16.6 Å². The topological polar surface area (TPSA) is 329 Å². The lowest BCUT2D eigenvalue weighted by Gasteiger charge is -2.25. The molecular weight excluding hydrogens is 612 g/mol. The lowest BCUT2D eigenvalue weighted by molar-refractivity contribution is -0.142. The van der Waals surface area contributed by atoms with Crippen LogP contribution in [0.1, 0.15) is 46.5 Å². The van der Waals surface area contributed by atoms with Crippen molar-refractivity contribution in [1.29, 1.82) is 0 Å². The van der Waals surface area contributed by atoms with Crippen molar-refractivity contribution in [3.8, 4) is 0 Å². The average Bonchev–Trinajstić information content (AvgIpc) is 3.53. The first kappa shape index (κ1) is 39.5. The number of carbonyl (C=O) groups is 7. The SMILES string of the molecule is C[C@H](NC(=O)[C@H](CCCN=C(N)N)NC(=O)[C@H](C)NC(=O)[C@@H](NC(=O)CNC(=O)[C@H](CO)NC(=O)[C@@H]1CCCN1)[C@@H](C)O)C(=O)O. The van der Waals surface area contributed by atoms with Gasteiger partial charge in [-0.3, -0.25) is 38.6 Å². The molecule has 1 fully saturated rings. The Bertz CT molecular complexity index is 1120. The third kappa shape index (κ3) is 14.0. The fourth-order valence-corrected chi connectivity index (χ4v) is 4.11. The zero-order chi connectivity index (χ0) is 35.0. The van der Waals surface area contributed by atoms with Crippen molar-refractivity contribution in [1.82, 2.24) is 37.2 Å². The first-order valence-corrected chi connectivity index (χ1v) is 14.7. The molecule has 7 atom stereocenters. The third-order valence-electron chi connectivity index (χ3n) is 6.76. The van der Waals surface area contributed by atoms with Crippen LogP contribution in [0, 0.1) is 0 Å². The summed E-state index contributed by atoms with van der Waals surface area (Å²) in [5.41, 5.74) is 10.6. The zero-order valence-corrected chi connectivity index (χ0v) is 26.0. The molecule has 20 nitrogen and oxygen atoms in total. The van der Waals surface area contributed by atoms with E-state index in [0.29, 0.717) is 13.0 Å². The first-order valence-electron chi connectivity index (χ1n) is 14.7. The van der Waals surface area contributed by atoms with E-state index < -0.39 is 96.9 Å². The van der Waals surface area contributed by atoms with Crippen LogP contribution < -0.4 is 48.7 Å². The molecule has 0 spiro atoms. The molecule has 0 radical (unpaired) electrons. The molecule has 260 valence electrons. The molecule has 0 saturated carbocycles. The van der Waals surface area contributed by atoms with Gasteiger partial charge in [0.15, 0.2) is 5.96 Å². The number of rotatable bonds is 19. The number of carboxylic acid groups (broad SMARTS) is 1. The molecule has 0 unspecified atom stereocenters. The number of aliphatic hydroxyl groups excluding tert-OH is 2. The van der Waals surface area contributed by atoms with Gasteiger partial charge in [-0.05, 0) is 53.0 Å². The number of amides is 6. The fourth-order valence-electron chi connectivity index (χ4n) is 4.11. The maximum atomic E-state index is 12.9. The van der Waals surface area contributed by atoms with Gasteiger partial charge in [-0.1, -0.05) is 0 Å². The Kier molecular flexibility index (Phi) is 16.9. The van der Waals surface area contributed by atoms with Crippen LogP contribution in [0.5, 0.6) is 0 Å². The second-order valence-corrected chi connectivity index (χ2v) is 10.7. The van der Waals surface area contributed by atoms with E-state index in [1.54, 1.807) is 0 Å². The summed E-state index contributed by atoms with van der Waals surface area (Å²) in [6.45, 7) is 3.05. The van der Waals surface area contributed by atoms with E-state index in [-0.39, 0.29) is 25.3 Å². The van der Waals surface area contributed by atoms with E-state index in [2.05, 4.69) is 42.2 Å². The number of nitrogens with two attached hydrogens (primary N) is 2. The minimum atomic E-state index is -1.57. The van der Waals surface area contributed by atoms with Gasteiger partial charge >= 0.3 is 5.97 Å². The van der Waals surface area contributed by atoms with Gasteiger partial charge in [-0.2, -0.15) is 0 Å². The van der Waals surface area contributed by atoms with Crippen molar-refractivity contribution >= 4 is 47.4 Å². The van der Waals surface area contributed by atoms with Gasteiger partial charge in [-0.15, -0.1) is 0 Å². The number of carboxylic acids is 1. The Morgan fingerprint density at radius 1 is 0.870 bits per heavy atom. The smallest absolute Gasteiger partial charge is 0.325 e. The molecule has 1 aliphatic heterocycles. The maximum Gasteiger partial charge on any atom is 0.325 e. The Labute approximate surface area is 265 Å². The highest BCUT2D eigenvalue weighted by molar-refractivity contribution is 5.96. The second-order valence-electron chi connectivity index (χ2n) is 10.7. The molecule has 0 aromatic carbocycles. The molecular formula is C26H46N10O10. The van der Waals surface area contributed by atoms with Gasteiger partial charge in [0.05, 0.1) is 25.3 Å². The van der Waals surface area contributed by atoms with Crippen LogP contribution >= 0.6 is 0 Å². The van der Waals surface area contributed by atoms with Crippen molar-refractivity contribution in [2.45, 2.75) is 88.8 Å². The summed E-state index contributed by atoms with van der Waals surface area (Å²) in [5, 5.41) is 45.5. The monoisotopic (exact) mass is 658 g/mol. The minimum Gasteiger partial charge on any atom is -0.480 e. The summed E-state index contributed by atoms with van der Waals surface area (Å²) in [6, 6.07) is -7.18. The van der Waals surface area contributed by atoms with Crippen molar-refractivity contribution < 1.29 is 48.9 Å². The van der Waals surface area contributed by atoms with Gasteiger partial charge < -0.3 is 64.0 Å². The van der Waals surface area contributed by atoms with Crippen LogP contribution in [-0.2, 0) is 33.6 Å². The third-order valence-corrected chi connectivity index (χ3v) is 6.76. The van der Waals surface area contributed by atoms with Crippen LogP contribution in [0.4, 0.5) is 0 Å². The normalized spacial score (nSPS) is 17.9. The average molecular weight is 659 g/mol. The predicted molar refractivity (Wildman–Crippen MR) is 161 cm³/mol. The van der Waals surface area contributed by atoms with E-state index in [1.165, 1.54) is 20.8 Å². The highest BCUT2D eigenvalue weighted by atomic mass is 16.4. The largest absolute Gasteiger partial charge is 0.480 e. The molecule has 20 heteroatoms. The quantitative estimate of drug-likeness (QED) is 0.0350. The summed E-state index contributed by atoms with van der Waals surface area (Å²) in [6.07, 6.45) is 0.138. The van der Waals surface area contributed by atoms with Crippen LogP contribution in [-0.4, -0.2) is 131 Å². The van der Waals surface area contributed by atoms with Gasteiger partial charge in [0.1, 0.15) is 30.2 Å². The lowest BCUT2D eigenvalue weighted by atomic mass is 10.1. The number of aliphatic hydroxyl groups is 2. The molecule has 0 bridgehead atoms. The van der Waals surface area contributed by atoms with Gasteiger partial charge in [0.25, 0.3) is 0 Å². The fraction of sp³-hybridized carbons (Fsp3) is 0.692.